The first-order valence-electron chi connectivity index (χ1n) is 9.84. The second-order valence-corrected chi connectivity index (χ2v) is 8.13. The molecule has 0 radical (unpaired) electrons. The van der Waals surface area contributed by atoms with E-state index in [1.54, 1.807) is 4.57 Å². The van der Waals surface area contributed by atoms with Crippen LogP contribution in [0.15, 0.2) is 77.9 Å². The largest absolute Gasteiger partial charge is 0.494 e. The molecule has 0 saturated heterocycles. The molecule has 0 saturated carbocycles. The standard InChI is InChI=1S/C25H18ClN3O/c1-29-21-12-14(26)10-11-17(21)23(25(29)30)24-22(16-7-3-5-9-20(16)28-24)18-13-27-19-8-4-2-6-15(18)19/h2-13,22,27,30H,1H3. The molecule has 146 valence electrons. The van der Waals surface area contributed by atoms with Crippen LogP contribution >= 0.6 is 11.6 Å². The maximum Gasteiger partial charge on any atom is 0.201 e. The fraction of sp³-hybridized carbons (Fsp3) is 0.0800. The molecule has 6 rings (SSSR count). The van der Waals surface area contributed by atoms with Gasteiger partial charge in [0, 0.05) is 34.6 Å². The molecule has 5 aromatic rings. The number of para-hydroxylation sites is 2. The Balaban J connectivity index is 1.66. The third-order valence-electron chi connectivity index (χ3n) is 6.08. The van der Waals surface area contributed by atoms with E-state index in [-0.39, 0.29) is 11.8 Å². The normalized spacial score (nSPS) is 15.7. The lowest BCUT2D eigenvalue weighted by atomic mass is 9.85. The van der Waals surface area contributed by atoms with E-state index in [0.29, 0.717) is 5.02 Å². The number of hydrogen-bond donors (Lipinski definition) is 2. The lowest BCUT2D eigenvalue weighted by Crippen LogP contribution is -2.11. The van der Waals surface area contributed by atoms with Crippen molar-refractivity contribution in [1.82, 2.24) is 9.55 Å². The SMILES string of the molecule is Cn1c(O)c(C2=Nc3ccccc3C2c2c[nH]c3ccccc23)c2ccc(Cl)cc21. The molecule has 1 aliphatic heterocycles. The number of nitrogens with zero attached hydrogens (tertiary/aromatic N) is 2. The number of hydrogen-bond acceptors (Lipinski definition) is 2. The van der Waals surface area contributed by atoms with Crippen LogP contribution in [0.4, 0.5) is 5.69 Å². The van der Waals surface area contributed by atoms with E-state index in [1.165, 1.54) is 0 Å². The third-order valence-corrected chi connectivity index (χ3v) is 6.32. The molecule has 1 unspecified atom stereocenters. The van der Waals surface area contributed by atoms with Crippen LogP contribution in [-0.4, -0.2) is 20.4 Å². The number of H-pyrrole nitrogens is 1. The van der Waals surface area contributed by atoms with Crippen LogP contribution in [0.25, 0.3) is 21.8 Å². The molecule has 0 spiro atoms. The molecule has 30 heavy (non-hydrogen) atoms. The van der Waals surface area contributed by atoms with E-state index < -0.39 is 0 Å². The fourth-order valence-corrected chi connectivity index (χ4v) is 4.84. The molecule has 1 atom stereocenters. The topological polar surface area (TPSA) is 53.3 Å². The van der Waals surface area contributed by atoms with E-state index in [9.17, 15) is 5.11 Å². The maximum absolute atomic E-state index is 11.1. The van der Waals surface area contributed by atoms with Crippen LogP contribution in [0.3, 0.4) is 0 Å². The predicted molar refractivity (Wildman–Crippen MR) is 122 cm³/mol. The molecule has 4 nitrogen and oxygen atoms in total. The average Bonchev–Trinajstić information content (AvgIpc) is 3.41. The number of nitrogens with one attached hydrogen (secondary N) is 1. The number of aromatic amines is 1. The van der Waals surface area contributed by atoms with Crippen molar-refractivity contribution in [2.24, 2.45) is 12.0 Å². The van der Waals surface area contributed by atoms with Crippen molar-refractivity contribution >= 4 is 44.8 Å². The van der Waals surface area contributed by atoms with E-state index in [2.05, 4.69) is 35.4 Å². The zero-order valence-corrected chi connectivity index (χ0v) is 17.0. The van der Waals surface area contributed by atoms with E-state index in [0.717, 1.165) is 49.9 Å². The summed E-state index contributed by atoms with van der Waals surface area (Å²) >= 11 is 6.23. The summed E-state index contributed by atoms with van der Waals surface area (Å²) in [5, 5.41) is 13.9. The summed E-state index contributed by atoms with van der Waals surface area (Å²) in [7, 11) is 1.85. The van der Waals surface area contributed by atoms with Crippen LogP contribution in [-0.2, 0) is 7.05 Å². The third kappa shape index (κ3) is 2.31. The fourth-order valence-electron chi connectivity index (χ4n) is 4.67. The molecule has 0 amide bonds. The lowest BCUT2D eigenvalue weighted by molar-refractivity contribution is 0.434. The van der Waals surface area contributed by atoms with Gasteiger partial charge < -0.3 is 14.7 Å². The highest BCUT2D eigenvalue weighted by molar-refractivity contribution is 6.31. The smallest absolute Gasteiger partial charge is 0.201 e. The molecular weight excluding hydrogens is 394 g/mol. The molecule has 2 aromatic heterocycles. The second kappa shape index (κ2) is 6.25. The van der Waals surface area contributed by atoms with Gasteiger partial charge in [-0.15, -0.1) is 0 Å². The molecule has 2 N–H and O–H groups in total. The van der Waals surface area contributed by atoms with Crippen molar-refractivity contribution in [1.29, 1.82) is 0 Å². The van der Waals surface area contributed by atoms with Crippen molar-refractivity contribution in [3.8, 4) is 5.88 Å². The van der Waals surface area contributed by atoms with E-state index in [1.807, 2.05) is 49.5 Å². The van der Waals surface area contributed by atoms with Gasteiger partial charge in [0.05, 0.1) is 28.4 Å². The predicted octanol–water partition coefficient (Wildman–Crippen LogP) is 6.28. The Bertz CT molecular complexity index is 1490. The highest BCUT2D eigenvalue weighted by Gasteiger charge is 2.34. The van der Waals surface area contributed by atoms with Crippen molar-refractivity contribution in [3.05, 3.63) is 94.6 Å². The molecule has 0 bridgehead atoms. The molecule has 5 heteroatoms. The van der Waals surface area contributed by atoms with Gasteiger partial charge >= 0.3 is 0 Å². The molecule has 0 aliphatic carbocycles. The first-order chi connectivity index (χ1) is 14.6. The number of aliphatic imine (C=N–C) groups is 1. The Hall–Kier alpha value is -3.50. The summed E-state index contributed by atoms with van der Waals surface area (Å²) in [6.07, 6.45) is 2.06. The van der Waals surface area contributed by atoms with Crippen molar-refractivity contribution in [2.75, 3.05) is 0 Å². The van der Waals surface area contributed by atoms with Gasteiger partial charge in [0.2, 0.25) is 5.88 Å². The highest BCUT2D eigenvalue weighted by atomic mass is 35.5. The molecule has 3 aromatic carbocycles. The monoisotopic (exact) mass is 411 g/mol. The molecule has 1 aliphatic rings. The van der Waals surface area contributed by atoms with Crippen molar-refractivity contribution in [3.63, 3.8) is 0 Å². The Kier molecular flexibility index (Phi) is 3.62. The summed E-state index contributed by atoms with van der Waals surface area (Å²) in [5.41, 5.74) is 6.81. The molecular formula is C25H18ClN3O. The summed E-state index contributed by atoms with van der Waals surface area (Å²) in [6, 6.07) is 22.2. The van der Waals surface area contributed by atoms with Gasteiger partial charge in [-0.2, -0.15) is 0 Å². The van der Waals surface area contributed by atoms with Crippen LogP contribution in [0.1, 0.15) is 22.6 Å². The van der Waals surface area contributed by atoms with Gasteiger partial charge in [-0.25, -0.2) is 0 Å². The minimum Gasteiger partial charge on any atom is -0.494 e. The zero-order chi connectivity index (χ0) is 20.4. The number of aryl methyl sites for hydroxylation is 1. The number of fused-ring (bicyclic) bond motifs is 3. The average molecular weight is 412 g/mol. The van der Waals surface area contributed by atoms with Crippen molar-refractivity contribution in [2.45, 2.75) is 5.92 Å². The van der Waals surface area contributed by atoms with Crippen LogP contribution < -0.4 is 0 Å². The summed E-state index contributed by atoms with van der Waals surface area (Å²) < 4.78 is 1.77. The number of aromatic nitrogens is 2. The van der Waals surface area contributed by atoms with E-state index in [4.69, 9.17) is 16.6 Å². The Morgan fingerprint density at radius 3 is 2.67 bits per heavy atom. The molecule has 3 heterocycles. The summed E-state index contributed by atoms with van der Waals surface area (Å²) in [5.74, 6) is 0.119. The Labute approximate surface area is 178 Å². The number of benzene rings is 3. The Morgan fingerprint density at radius 2 is 1.77 bits per heavy atom. The quantitative estimate of drug-likeness (QED) is 0.352. The summed E-state index contributed by atoms with van der Waals surface area (Å²) in [4.78, 5) is 8.40. The minimum atomic E-state index is -0.0791. The van der Waals surface area contributed by atoms with Gasteiger partial charge in [-0.1, -0.05) is 54.1 Å². The highest BCUT2D eigenvalue weighted by Crippen LogP contribution is 2.46. The van der Waals surface area contributed by atoms with Gasteiger partial charge in [0.25, 0.3) is 0 Å². The van der Waals surface area contributed by atoms with Gasteiger partial charge in [-0.05, 0) is 35.4 Å². The maximum atomic E-state index is 11.1. The number of aromatic hydroxyl groups is 1. The van der Waals surface area contributed by atoms with Crippen LogP contribution in [0.5, 0.6) is 5.88 Å². The summed E-state index contributed by atoms with van der Waals surface area (Å²) in [6.45, 7) is 0. The molecule has 0 fully saturated rings. The first-order valence-corrected chi connectivity index (χ1v) is 10.2. The van der Waals surface area contributed by atoms with Crippen LogP contribution in [0.2, 0.25) is 5.02 Å². The first kappa shape index (κ1) is 17.4. The number of halogens is 1. The van der Waals surface area contributed by atoms with Crippen molar-refractivity contribution < 1.29 is 5.11 Å². The van der Waals surface area contributed by atoms with Gasteiger partial charge in [0.15, 0.2) is 0 Å². The lowest BCUT2D eigenvalue weighted by Gasteiger charge is -2.15. The van der Waals surface area contributed by atoms with Gasteiger partial charge in [-0.3, -0.25) is 4.99 Å². The minimum absolute atomic E-state index is 0.0791. The van der Waals surface area contributed by atoms with Gasteiger partial charge in [0.1, 0.15) is 0 Å². The van der Waals surface area contributed by atoms with Crippen LogP contribution in [0, 0.1) is 0 Å². The van der Waals surface area contributed by atoms with E-state index >= 15 is 0 Å². The zero-order valence-electron chi connectivity index (χ0n) is 16.2. The number of rotatable bonds is 2. The second-order valence-electron chi connectivity index (χ2n) is 7.70. The Morgan fingerprint density at radius 1 is 0.967 bits per heavy atom.